The Labute approximate surface area is 116 Å². The number of thiophene rings is 1. The molecule has 0 aliphatic heterocycles. The van der Waals surface area contributed by atoms with Gasteiger partial charge in [-0.25, -0.2) is 0 Å². The normalized spacial score (nSPS) is 12.4. The SMILES string of the molecule is CCc1sc(C(=O)N[C@H](C)c2nc(C)no2)cc1C. The van der Waals surface area contributed by atoms with E-state index in [4.69, 9.17) is 4.52 Å². The topological polar surface area (TPSA) is 68.0 Å². The molecule has 5 nitrogen and oxygen atoms in total. The fourth-order valence-electron chi connectivity index (χ4n) is 1.80. The smallest absolute Gasteiger partial charge is 0.262 e. The number of nitrogens with one attached hydrogen (secondary N) is 1. The molecule has 2 heterocycles. The van der Waals surface area contributed by atoms with Crippen LogP contribution in [-0.4, -0.2) is 16.0 Å². The van der Waals surface area contributed by atoms with Gasteiger partial charge in [0, 0.05) is 4.88 Å². The zero-order chi connectivity index (χ0) is 14.0. The minimum Gasteiger partial charge on any atom is -0.340 e. The summed E-state index contributed by atoms with van der Waals surface area (Å²) in [4.78, 5) is 18.2. The van der Waals surface area contributed by atoms with Crippen LogP contribution in [-0.2, 0) is 6.42 Å². The van der Waals surface area contributed by atoms with E-state index in [0.717, 1.165) is 11.3 Å². The third kappa shape index (κ3) is 3.01. The van der Waals surface area contributed by atoms with Gasteiger partial charge in [0.05, 0.1) is 4.88 Å². The van der Waals surface area contributed by atoms with Gasteiger partial charge in [-0.1, -0.05) is 12.1 Å². The standard InChI is InChI=1S/C13H17N3O2S/c1-5-10-7(2)6-11(19-10)12(17)14-8(3)13-15-9(4)16-18-13/h6,8H,5H2,1-4H3,(H,14,17)/t8-/m1/s1. The van der Waals surface area contributed by atoms with Crippen molar-refractivity contribution < 1.29 is 9.32 Å². The van der Waals surface area contributed by atoms with Gasteiger partial charge in [-0.2, -0.15) is 4.98 Å². The summed E-state index contributed by atoms with van der Waals surface area (Å²) >= 11 is 1.53. The van der Waals surface area contributed by atoms with E-state index in [1.807, 2.05) is 19.9 Å². The van der Waals surface area contributed by atoms with Gasteiger partial charge in [0.2, 0.25) is 5.89 Å². The molecule has 0 aromatic carbocycles. The van der Waals surface area contributed by atoms with Crippen LogP contribution >= 0.6 is 11.3 Å². The van der Waals surface area contributed by atoms with Gasteiger partial charge in [-0.05, 0) is 38.8 Å². The number of carbonyl (C=O) groups excluding carboxylic acids is 1. The summed E-state index contributed by atoms with van der Waals surface area (Å²) in [5.74, 6) is 0.891. The Kier molecular flexibility index (Phi) is 3.99. The van der Waals surface area contributed by atoms with E-state index in [2.05, 4.69) is 22.4 Å². The molecule has 0 spiro atoms. The van der Waals surface area contributed by atoms with Crippen molar-refractivity contribution in [3.63, 3.8) is 0 Å². The van der Waals surface area contributed by atoms with Gasteiger partial charge < -0.3 is 9.84 Å². The molecule has 0 bridgehead atoms. The van der Waals surface area contributed by atoms with Gasteiger partial charge >= 0.3 is 0 Å². The first-order chi connectivity index (χ1) is 9.01. The van der Waals surface area contributed by atoms with E-state index in [9.17, 15) is 4.79 Å². The summed E-state index contributed by atoms with van der Waals surface area (Å²) in [6.45, 7) is 7.69. The molecule has 1 amide bonds. The summed E-state index contributed by atoms with van der Waals surface area (Å²) < 4.78 is 5.04. The number of amides is 1. The minimum atomic E-state index is -0.291. The fourth-order valence-corrected chi connectivity index (χ4v) is 2.82. The van der Waals surface area contributed by atoms with Crippen molar-refractivity contribution in [1.29, 1.82) is 0 Å². The number of hydrogen-bond acceptors (Lipinski definition) is 5. The molecule has 1 atom stereocenters. The molecule has 102 valence electrons. The molecule has 6 heteroatoms. The highest BCUT2D eigenvalue weighted by atomic mass is 32.1. The van der Waals surface area contributed by atoms with Crippen LogP contribution in [0.4, 0.5) is 0 Å². The Balaban J connectivity index is 2.08. The number of aromatic nitrogens is 2. The number of rotatable bonds is 4. The van der Waals surface area contributed by atoms with E-state index in [0.29, 0.717) is 11.7 Å². The lowest BCUT2D eigenvalue weighted by Gasteiger charge is -2.07. The van der Waals surface area contributed by atoms with E-state index >= 15 is 0 Å². The number of nitrogens with zero attached hydrogens (tertiary/aromatic N) is 2. The molecule has 2 aromatic heterocycles. The van der Waals surface area contributed by atoms with Crippen molar-refractivity contribution in [2.75, 3.05) is 0 Å². The maximum absolute atomic E-state index is 12.1. The Morgan fingerprint density at radius 3 is 2.79 bits per heavy atom. The molecule has 0 saturated carbocycles. The Morgan fingerprint density at radius 2 is 2.26 bits per heavy atom. The van der Waals surface area contributed by atoms with Crippen LogP contribution in [0.1, 0.15) is 51.7 Å². The molecule has 2 rings (SSSR count). The van der Waals surface area contributed by atoms with E-state index in [-0.39, 0.29) is 11.9 Å². The third-order valence-corrected chi connectivity index (χ3v) is 4.21. The van der Waals surface area contributed by atoms with Gasteiger partial charge in [-0.3, -0.25) is 4.79 Å². The lowest BCUT2D eigenvalue weighted by Crippen LogP contribution is -2.26. The van der Waals surface area contributed by atoms with Crippen LogP contribution in [0.15, 0.2) is 10.6 Å². The fraction of sp³-hybridized carbons (Fsp3) is 0.462. The summed E-state index contributed by atoms with van der Waals surface area (Å²) in [5, 5.41) is 6.58. The zero-order valence-corrected chi connectivity index (χ0v) is 12.3. The molecule has 0 aliphatic carbocycles. The van der Waals surface area contributed by atoms with Crippen LogP contribution < -0.4 is 5.32 Å². The predicted molar refractivity (Wildman–Crippen MR) is 73.4 cm³/mol. The summed E-state index contributed by atoms with van der Waals surface area (Å²) in [6.07, 6.45) is 0.947. The molecular formula is C13H17N3O2S. The lowest BCUT2D eigenvalue weighted by molar-refractivity contribution is 0.0936. The highest BCUT2D eigenvalue weighted by molar-refractivity contribution is 7.14. The van der Waals surface area contributed by atoms with Crippen LogP contribution in [0.25, 0.3) is 0 Å². The van der Waals surface area contributed by atoms with Gasteiger partial charge in [0.25, 0.3) is 5.91 Å². The molecule has 2 aromatic rings. The van der Waals surface area contributed by atoms with Gasteiger partial charge in [0.15, 0.2) is 5.82 Å². The molecule has 0 radical (unpaired) electrons. The molecule has 0 saturated heterocycles. The summed E-state index contributed by atoms with van der Waals surface area (Å²) in [5.41, 5.74) is 1.17. The highest BCUT2D eigenvalue weighted by Gasteiger charge is 2.18. The first kappa shape index (κ1) is 13.7. The maximum atomic E-state index is 12.1. The Hall–Kier alpha value is -1.69. The quantitative estimate of drug-likeness (QED) is 0.934. The van der Waals surface area contributed by atoms with Crippen molar-refractivity contribution in [2.24, 2.45) is 0 Å². The van der Waals surface area contributed by atoms with Crippen LogP contribution in [0.5, 0.6) is 0 Å². The second-order valence-electron chi connectivity index (χ2n) is 4.45. The predicted octanol–water partition coefficient (Wildman–Crippen LogP) is 2.80. The van der Waals surface area contributed by atoms with Crippen LogP contribution in [0.2, 0.25) is 0 Å². The second-order valence-corrected chi connectivity index (χ2v) is 5.58. The first-order valence-corrected chi connectivity index (χ1v) is 7.03. The Morgan fingerprint density at radius 1 is 1.53 bits per heavy atom. The largest absolute Gasteiger partial charge is 0.340 e. The van der Waals surface area contributed by atoms with Crippen LogP contribution in [0, 0.1) is 13.8 Å². The number of carbonyl (C=O) groups is 1. The molecule has 0 aliphatic rings. The molecule has 0 fully saturated rings. The average Bonchev–Trinajstić information content (AvgIpc) is 2.95. The minimum absolute atomic E-state index is 0.101. The molecule has 0 unspecified atom stereocenters. The second kappa shape index (κ2) is 5.52. The van der Waals surface area contributed by atoms with Crippen molar-refractivity contribution in [3.05, 3.63) is 33.1 Å². The van der Waals surface area contributed by atoms with E-state index in [1.54, 1.807) is 6.92 Å². The zero-order valence-electron chi connectivity index (χ0n) is 11.5. The van der Waals surface area contributed by atoms with E-state index in [1.165, 1.54) is 21.8 Å². The summed E-state index contributed by atoms with van der Waals surface area (Å²) in [6, 6.07) is 1.63. The van der Waals surface area contributed by atoms with Gasteiger partial charge in [-0.15, -0.1) is 11.3 Å². The van der Waals surface area contributed by atoms with Crippen LogP contribution in [0.3, 0.4) is 0 Å². The van der Waals surface area contributed by atoms with Crippen molar-refractivity contribution in [1.82, 2.24) is 15.5 Å². The monoisotopic (exact) mass is 279 g/mol. The lowest BCUT2D eigenvalue weighted by atomic mass is 10.2. The van der Waals surface area contributed by atoms with Crippen molar-refractivity contribution >= 4 is 17.2 Å². The Bertz CT molecular complexity index is 588. The summed E-state index contributed by atoms with van der Waals surface area (Å²) in [7, 11) is 0. The van der Waals surface area contributed by atoms with E-state index < -0.39 is 0 Å². The average molecular weight is 279 g/mol. The third-order valence-electron chi connectivity index (χ3n) is 2.83. The van der Waals surface area contributed by atoms with Gasteiger partial charge in [0.1, 0.15) is 6.04 Å². The highest BCUT2D eigenvalue weighted by Crippen LogP contribution is 2.23. The molecular weight excluding hydrogens is 262 g/mol. The number of hydrogen-bond donors (Lipinski definition) is 1. The molecule has 19 heavy (non-hydrogen) atoms. The maximum Gasteiger partial charge on any atom is 0.262 e. The first-order valence-electron chi connectivity index (χ1n) is 6.21. The molecule has 1 N–H and O–H groups in total. The van der Waals surface area contributed by atoms with Crippen molar-refractivity contribution in [2.45, 2.75) is 40.2 Å². The number of aryl methyl sites for hydroxylation is 3. The van der Waals surface area contributed by atoms with Crippen molar-refractivity contribution in [3.8, 4) is 0 Å².